The maximum Gasteiger partial charge on any atom is 0.116 e. The quantitative estimate of drug-likeness (QED) is 0.777. The van der Waals surface area contributed by atoms with E-state index in [9.17, 15) is 5.11 Å². The van der Waals surface area contributed by atoms with E-state index in [1.807, 2.05) is 12.1 Å². The van der Waals surface area contributed by atoms with Gasteiger partial charge in [-0.1, -0.05) is 13.0 Å². The van der Waals surface area contributed by atoms with Gasteiger partial charge in [-0.2, -0.15) is 0 Å². The second-order valence-electron chi connectivity index (χ2n) is 4.60. The van der Waals surface area contributed by atoms with Gasteiger partial charge in [0, 0.05) is 5.54 Å². The third kappa shape index (κ3) is 2.00. The van der Waals surface area contributed by atoms with Gasteiger partial charge in [0.15, 0.2) is 0 Å². The molecule has 2 heteroatoms. The van der Waals surface area contributed by atoms with Crippen LogP contribution in [-0.2, 0) is 12.0 Å². The van der Waals surface area contributed by atoms with E-state index in [1.54, 1.807) is 0 Å². The predicted molar refractivity (Wildman–Crippen MR) is 62.1 cm³/mol. The van der Waals surface area contributed by atoms with Crippen molar-refractivity contribution in [2.24, 2.45) is 0 Å². The largest absolute Gasteiger partial charge is 0.508 e. The maximum absolute atomic E-state index is 9.67. The highest BCUT2D eigenvalue weighted by Gasteiger charge is 2.30. The van der Waals surface area contributed by atoms with Gasteiger partial charge in [-0.25, -0.2) is 0 Å². The molecule has 2 rings (SSSR count). The summed E-state index contributed by atoms with van der Waals surface area (Å²) in [6, 6.07) is 5.94. The first kappa shape index (κ1) is 10.5. The Labute approximate surface area is 91.3 Å². The monoisotopic (exact) mass is 205 g/mol. The van der Waals surface area contributed by atoms with E-state index in [1.165, 1.54) is 17.5 Å². The van der Waals surface area contributed by atoms with E-state index in [2.05, 4.69) is 25.2 Å². The highest BCUT2D eigenvalue weighted by atomic mass is 16.3. The number of phenols is 1. The summed E-state index contributed by atoms with van der Waals surface area (Å²) in [6.07, 6.45) is 3.34. The highest BCUT2D eigenvalue weighted by Crippen LogP contribution is 2.32. The molecule has 1 aromatic rings. The van der Waals surface area contributed by atoms with Crippen LogP contribution in [0.25, 0.3) is 0 Å². The van der Waals surface area contributed by atoms with Crippen LogP contribution in [0.4, 0.5) is 0 Å². The van der Waals surface area contributed by atoms with Crippen LogP contribution < -0.4 is 5.32 Å². The van der Waals surface area contributed by atoms with Crippen molar-refractivity contribution < 1.29 is 5.11 Å². The lowest BCUT2D eigenvalue weighted by Crippen LogP contribution is -2.33. The van der Waals surface area contributed by atoms with Crippen LogP contribution in [0, 0.1) is 0 Å². The predicted octanol–water partition coefficient (Wildman–Crippen LogP) is 2.55. The summed E-state index contributed by atoms with van der Waals surface area (Å²) in [6.45, 7) is 5.41. The number of phenolic OH excluding ortho intramolecular Hbond substituents is 1. The molecule has 1 heterocycles. The Balaban J connectivity index is 2.38. The molecular weight excluding hydrogens is 186 g/mol. The summed E-state index contributed by atoms with van der Waals surface area (Å²) in [7, 11) is 0. The number of aryl methyl sites for hydroxylation is 1. The Hall–Kier alpha value is -1.02. The van der Waals surface area contributed by atoms with Gasteiger partial charge in [0.25, 0.3) is 0 Å². The molecule has 2 nitrogen and oxygen atoms in total. The Morgan fingerprint density at radius 2 is 2.20 bits per heavy atom. The molecule has 0 spiro atoms. The van der Waals surface area contributed by atoms with Crippen molar-refractivity contribution in [3.8, 4) is 5.75 Å². The minimum absolute atomic E-state index is 0.0582. The molecule has 2 N–H and O–H groups in total. The minimum Gasteiger partial charge on any atom is -0.508 e. The van der Waals surface area contributed by atoms with Gasteiger partial charge in [-0.3, -0.25) is 0 Å². The van der Waals surface area contributed by atoms with Crippen molar-refractivity contribution in [2.45, 2.75) is 38.6 Å². The van der Waals surface area contributed by atoms with Crippen molar-refractivity contribution in [2.75, 3.05) is 6.54 Å². The maximum atomic E-state index is 9.67. The molecule has 1 aliphatic heterocycles. The molecule has 0 aliphatic carbocycles. The molecule has 1 aromatic carbocycles. The number of hydrogen-bond acceptors (Lipinski definition) is 2. The third-order valence-electron chi connectivity index (χ3n) is 3.39. The van der Waals surface area contributed by atoms with Gasteiger partial charge < -0.3 is 10.4 Å². The van der Waals surface area contributed by atoms with Crippen LogP contribution in [0.2, 0.25) is 0 Å². The number of hydrogen-bond donors (Lipinski definition) is 2. The molecule has 1 atom stereocenters. The summed E-state index contributed by atoms with van der Waals surface area (Å²) < 4.78 is 0. The first-order valence-electron chi connectivity index (χ1n) is 5.72. The first-order chi connectivity index (χ1) is 7.14. The number of benzene rings is 1. The zero-order chi connectivity index (χ0) is 10.9. The number of rotatable bonds is 2. The van der Waals surface area contributed by atoms with Crippen molar-refractivity contribution in [1.29, 1.82) is 0 Å². The lowest BCUT2D eigenvalue weighted by atomic mass is 9.89. The molecule has 0 amide bonds. The normalized spacial score (nSPS) is 25.7. The zero-order valence-corrected chi connectivity index (χ0v) is 9.51. The van der Waals surface area contributed by atoms with Crippen molar-refractivity contribution in [3.05, 3.63) is 29.3 Å². The molecule has 82 valence electrons. The van der Waals surface area contributed by atoms with E-state index in [4.69, 9.17) is 0 Å². The molecule has 0 saturated carbocycles. The fourth-order valence-electron chi connectivity index (χ4n) is 2.34. The Kier molecular flexibility index (Phi) is 2.70. The fraction of sp³-hybridized carbons (Fsp3) is 0.538. The number of nitrogens with one attached hydrogen (secondary N) is 1. The summed E-state index contributed by atoms with van der Waals surface area (Å²) in [5.74, 6) is 0.388. The SMILES string of the molecule is CCc1cc(O)cc(C2(C)CCCN2)c1. The Morgan fingerprint density at radius 3 is 2.80 bits per heavy atom. The summed E-state index contributed by atoms with van der Waals surface area (Å²) >= 11 is 0. The lowest BCUT2D eigenvalue weighted by molar-refractivity contribution is 0.426. The van der Waals surface area contributed by atoms with Crippen molar-refractivity contribution in [3.63, 3.8) is 0 Å². The van der Waals surface area contributed by atoms with Gasteiger partial charge in [0.1, 0.15) is 5.75 Å². The molecule has 0 bridgehead atoms. The molecule has 1 aliphatic rings. The van der Waals surface area contributed by atoms with Gasteiger partial charge in [0.2, 0.25) is 0 Å². The third-order valence-corrected chi connectivity index (χ3v) is 3.39. The highest BCUT2D eigenvalue weighted by molar-refractivity contribution is 5.37. The van der Waals surface area contributed by atoms with Crippen LogP contribution in [0.3, 0.4) is 0 Å². The van der Waals surface area contributed by atoms with Crippen LogP contribution in [0.5, 0.6) is 5.75 Å². The molecular formula is C13H19NO. The summed E-state index contributed by atoms with van der Waals surface area (Å²) in [5, 5.41) is 13.2. The summed E-state index contributed by atoms with van der Waals surface area (Å²) in [5.41, 5.74) is 2.49. The molecule has 1 saturated heterocycles. The zero-order valence-electron chi connectivity index (χ0n) is 9.51. The molecule has 15 heavy (non-hydrogen) atoms. The van der Waals surface area contributed by atoms with E-state index in [0.29, 0.717) is 5.75 Å². The standard InChI is InChI=1S/C13H19NO/c1-3-10-7-11(9-12(15)8-10)13(2)5-4-6-14-13/h7-9,14-15H,3-6H2,1-2H3. The molecule has 1 fully saturated rings. The second kappa shape index (κ2) is 3.86. The van der Waals surface area contributed by atoms with Gasteiger partial charge in [-0.05, 0) is 56.0 Å². The summed E-state index contributed by atoms with van der Waals surface area (Å²) in [4.78, 5) is 0. The fourth-order valence-corrected chi connectivity index (χ4v) is 2.34. The van der Waals surface area contributed by atoms with E-state index >= 15 is 0 Å². The smallest absolute Gasteiger partial charge is 0.116 e. The van der Waals surface area contributed by atoms with Crippen molar-refractivity contribution in [1.82, 2.24) is 5.32 Å². The van der Waals surface area contributed by atoms with Crippen LogP contribution in [0.1, 0.15) is 37.8 Å². The molecule has 0 radical (unpaired) electrons. The van der Waals surface area contributed by atoms with E-state index < -0.39 is 0 Å². The first-order valence-corrected chi connectivity index (χ1v) is 5.72. The van der Waals surface area contributed by atoms with Crippen molar-refractivity contribution >= 4 is 0 Å². The lowest BCUT2D eigenvalue weighted by Gasteiger charge is -2.25. The van der Waals surface area contributed by atoms with Crippen LogP contribution in [-0.4, -0.2) is 11.7 Å². The van der Waals surface area contributed by atoms with Gasteiger partial charge in [0.05, 0.1) is 0 Å². The second-order valence-corrected chi connectivity index (χ2v) is 4.60. The molecule has 1 unspecified atom stereocenters. The average Bonchev–Trinajstić information content (AvgIpc) is 2.65. The van der Waals surface area contributed by atoms with E-state index in [-0.39, 0.29) is 5.54 Å². The van der Waals surface area contributed by atoms with Crippen LogP contribution >= 0.6 is 0 Å². The van der Waals surface area contributed by atoms with Gasteiger partial charge in [-0.15, -0.1) is 0 Å². The van der Waals surface area contributed by atoms with Gasteiger partial charge >= 0.3 is 0 Å². The Bertz CT molecular complexity index is 354. The number of aromatic hydroxyl groups is 1. The average molecular weight is 205 g/mol. The minimum atomic E-state index is 0.0582. The van der Waals surface area contributed by atoms with E-state index in [0.717, 1.165) is 19.4 Å². The Morgan fingerprint density at radius 1 is 1.40 bits per heavy atom. The van der Waals surface area contributed by atoms with Crippen LogP contribution in [0.15, 0.2) is 18.2 Å². The molecule has 0 aromatic heterocycles. The topological polar surface area (TPSA) is 32.3 Å².